The highest BCUT2D eigenvalue weighted by Crippen LogP contribution is 2.34. The van der Waals surface area contributed by atoms with Crippen LogP contribution in [0.5, 0.6) is 0 Å². The zero-order valence-corrected chi connectivity index (χ0v) is 14.6. The molecule has 5 nitrogen and oxygen atoms in total. The standard InChI is InChI=1S/C18H29NO4/c1-5-6-7-8-14-13(9-10-15(14)20)11-16(21)19-17(12(2)3)18(22)23-4/h6-7,12-14,17H,5,8-11H2,1-4H3,(H,19,21)/b7-6-/t13-,14-,17-/m1/s1. The van der Waals surface area contributed by atoms with E-state index in [0.717, 1.165) is 12.8 Å². The normalized spacial score (nSPS) is 22.6. The number of rotatable bonds is 8. The maximum atomic E-state index is 12.3. The summed E-state index contributed by atoms with van der Waals surface area (Å²) in [6.07, 6.45) is 7.32. The van der Waals surface area contributed by atoms with Crippen molar-refractivity contribution in [3.05, 3.63) is 12.2 Å². The minimum Gasteiger partial charge on any atom is -0.467 e. The van der Waals surface area contributed by atoms with Gasteiger partial charge in [-0.05, 0) is 31.1 Å². The van der Waals surface area contributed by atoms with Crippen molar-refractivity contribution < 1.29 is 19.1 Å². The molecule has 0 aromatic rings. The molecule has 1 aliphatic rings. The average Bonchev–Trinajstić information content (AvgIpc) is 2.84. The number of hydrogen-bond acceptors (Lipinski definition) is 4. The van der Waals surface area contributed by atoms with Crippen LogP contribution in [0.4, 0.5) is 0 Å². The number of Topliss-reactive ketones (excluding diaryl/α,β-unsaturated/α-hetero) is 1. The fourth-order valence-corrected chi connectivity index (χ4v) is 3.05. The van der Waals surface area contributed by atoms with Gasteiger partial charge in [0.2, 0.25) is 5.91 Å². The maximum Gasteiger partial charge on any atom is 0.328 e. The van der Waals surface area contributed by atoms with Crippen molar-refractivity contribution in [2.45, 2.75) is 58.9 Å². The van der Waals surface area contributed by atoms with E-state index in [4.69, 9.17) is 4.74 Å². The second-order valence-electron chi connectivity index (χ2n) is 6.50. The molecule has 0 unspecified atom stereocenters. The Morgan fingerprint density at radius 2 is 2.04 bits per heavy atom. The van der Waals surface area contributed by atoms with Crippen LogP contribution in [0, 0.1) is 17.8 Å². The molecular formula is C18H29NO4. The van der Waals surface area contributed by atoms with E-state index in [0.29, 0.717) is 12.8 Å². The lowest BCUT2D eigenvalue weighted by Gasteiger charge is -2.22. The van der Waals surface area contributed by atoms with E-state index in [9.17, 15) is 14.4 Å². The van der Waals surface area contributed by atoms with Crippen LogP contribution in [-0.4, -0.2) is 30.8 Å². The third-order valence-electron chi connectivity index (χ3n) is 4.42. The van der Waals surface area contributed by atoms with E-state index in [-0.39, 0.29) is 35.9 Å². The molecule has 3 atom stereocenters. The molecule has 1 saturated carbocycles. The van der Waals surface area contributed by atoms with Crippen molar-refractivity contribution >= 4 is 17.7 Å². The van der Waals surface area contributed by atoms with Crippen LogP contribution in [0.2, 0.25) is 0 Å². The Hall–Kier alpha value is -1.65. The molecule has 0 bridgehead atoms. The monoisotopic (exact) mass is 323 g/mol. The van der Waals surface area contributed by atoms with Gasteiger partial charge in [0, 0.05) is 18.8 Å². The second kappa shape index (κ2) is 9.48. The van der Waals surface area contributed by atoms with Crippen LogP contribution in [0.3, 0.4) is 0 Å². The number of ketones is 1. The topological polar surface area (TPSA) is 72.5 Å². The summed E-state index contributed by atoms with van der Waals surface area (Å²) in [4.78, 5) is 36.0. The summed E-state index contributed by atoms with van der Waals surface area (Å²) < 4.78 is 4.73. The van der Waals surface area contributed by atoms with Crippen molar-refractivity contribution in [1.82, 2.24) is 5.32 Å². The summed E-state index contributed by atoms with van der Waals surface area (Å²) in [6, 6.07) is -0.636. The van der Waals surface area contributed by atoms with Gasteiger partial charge in [0.05, 0.1) is 7.11 Å². The first-order valence-electron chi connectivity index (χ1n) is 8.45. The fourth-order valence-electron chi connectivity index (χ4n) is 3.05. The van der Waals surface area contributed by atoms with Gasteiger partial charge in [-0.1, -0.05) is 32.9 Å². The minimum absolute atomic E-state index is 0.0418. The van der Waals surface area contributed by atoms with Gasteiger partial charge in [0.25, 0.3) is 0 Å². The largest absolute Gasteiger partial charge is 0.467 e. The number of carbonyl (C=O) groups excluding carboxylic acids is 3. The van der Waals surface area contributed by atoms with Gasteiger partial charge >= 0.3 is 5.97 Å². The van der Waals surface area contributed by atoms with E-state index < -0.39 is 12.0 Å². The van der Waals surface area contributed by atoms with Crippen molar-refractivity contribution in [1.29, 1.82) is 0 Å². The van der Waals surface area contributed by atoms with E-state index >= 15 is 0 Å². The van der Waals surface area contributed by atoms with Crippen molar-refractivity contribution in [2.24, 2.45) is 17.8 Å². The third-order valence-corrected chi connectivity index (χ3v) is 4.42. The van der Waals surface area contributed by atoms with Gasteiger partial charge in [-0.3, -0.25) is 9.59 Å². The third kappa shape index (κ3) is 5.81. The first-order chi connectivity index (χ1) is 10.9. The molecular weight excluding hydrogens is 294 g/mol. The van der Waals surface area contributed by atoms with Crippen LogP contribution in [0.25, 0.3) is 0 Å². The molecule has 0 spiro atoms. The summed E-state index contributed by atoms with van der Waals surface area (Å²) in [7, 11) is 1.32. The zero-order valence-electron chi connectivity index (χ0n) is 14.6. The molecule has 5 heteroatoms. The molecule has 0 aromatic carbocycles. The Labute approximate surface area is 138 Å². The van der Waals surface area contributed by atoms with Crippen LogP contribution in [0.1, 0.15) is 52.9 Å². The van der Waals surface area contributed by atoms with E-state index in [2.05, 4.69) is 18.3 Å². The lowest BCUT2D eigenvalue weighted by molar-refractivity contribution is -0.146. The fraction of sp³-hybridized carbons (Fsp3) is 0.722. The molecule has 0 saturated heterocycles. The number of carbonyl (C=O) groups is 3. The number of allylic oxidation sites excluding steroid dienone is 2. The SMILES string of the molecule is CC/C=C\C[C@H]1C(=O)CC[C@@H]1CC(=O)N[C@@H](C(=O)OC)C(C)C. The Bertz CT molecular complexity index is 456. The highest BCUT2D eigenvalue weighted by atomic mass is 16.5. The number of esters is 1. The number of nitrogens with one attached hydrogen (secondary N) is 1. The van der Waals surface area contributed by atoms with Crippen LogP contribution in [0.15, 0.2) is 12.2 Å². The van der Waals surface area contributed by atoms with Gasteiger partial charge in [0.15, 0.2) is 0 Å². The molecule has 0 aromatic heterocycles. The molecule has 1 fully saturated rings. The Morgan fingerprint density at radius 1 is 1.35 bits per heavy atom. The quantitative estimate of drug-likeness (QED) is 0.550. The summed E-state index contributed by atoms with van der Waals surface area (Å²) in [6.45, 7) is 5.77. The smallest absolute Gasteiger partial charge is 0.328 e. The second-order valence-corrected chi connectivity index (χ2v) is 6.50. The van der Waals surface area contributed by atoms with Gasteiger partial charge < -0.3 is 10.1 Å². The molecule has 0 radical (unpaired) electrons. The summed E-state index contributed by atoms with van der Waals surface area (Å²) in [5.41, 5.74) is 0. The lowest BCUT2D eigenvalue weighted by Crippen LogP contribution is -2.45. The van der Waals surface area contributed by atoms with Gasteiger partial charge in [-0.25, -0.2) is 4.79 Å². The minimum atomic E-state index is -0.636. The Morgan fingerprint density at radius 3 is 2.61 bits per heavy atom. The van der Waals surface area contributed by atoms with Crippen LogP contribution < -0.4 is 5.32 Å². The molecule has 1 aliphatic carbocycles. The van der Waals surface area contributed by atoms with Gasteiger partial charge in [-0.2, -0.15) is 0 Å². The highest BCUT2D eigenvalue weighted by molar-refractivity contribution is 5.87. The molecule has 23 heavy (non-hydrogen) atoms. The number of hydrogen-bond donors (Lipinski definition) is 1. The van der Waals surface area contributed by atoms with Crippen LogP contribution in [-0.2, 0) is 19.1 Å². The van der Waals surface area contributed by atoms with Crippen molar-refractivity contribution in [3.63, 3.8) is 0 Å². The molecule has 0 heterocycles. The van der Waals surface area contributed by atoms with Crippen molar-refractivity contribution in [3.8, 4) is 0 Å². The van der Waals surface area contributed by atoms with Gasteiger partial charge in [0.1, 0.15) is 11.8 Å². The first kappa shape index (κ1) is 19.4. The zero-order chi connectivity index (χ0) is 17.4. The van der Waals surface area contributed by atoms with E-state index in [1.807, 2.05) is 19.9 Å². The molecule has 1 N–H and O–H groups in total. The Kier molecular flexibility index (Phi) is 8.00. The molecule has 1 rings (SSSR count). The summed E-state index contributed by atoms with van der Waals surface area (Å²) in [5, 5.41) is 2.75. The predicted octanol–water partition coefficient (Wildman–Crippen LogP) is 2.64. The van der Waals surface area contributed by atoms with E-state index in [1.165, 1.54) is 7.11 Å². The average molecular weight is 323 g/mol. The van der Waals surface area contributed by atoms with E-state index in [1.54, 1.807) is 0 Å². The number of ether oxygens (including phenoxy) is 1. The number of methoxy groups -OCH3 is 1. The summed E-state index contributed by atoms with van der Waals surface area (Å²) in [5.74, 6) is -0.415. The lowest BCUT2D eigenvalue weighted by atomic mass is 9.89. The summed E-state index contributed by atoms with van der Waals surface area (Å²) >= 11 is 0. The first-order valence-corrected chi connectivity index (χ1v) is 8.45. The Balaban J connectivity index is 2.62. The molecule has 1 amide bonds. The van der Waals surface area contributed by atoms with Crippen LogP contribution >= 0.6 is 0 Å². The van der Waals surface area contributed by atoms with Crippen molar-refractivity contribution in [2.75, 3.05) is 7.11 Å². The molecule has 0 aliphatic heterocycles. The number of amides is 1. The van der Waals surface area contributed by atoms with Gasteiger partial charge in [-0.15, -0.1) is 0 Å². The predicted molar refractivity (Wildman–Crippen MR) is 88.7 cm³/mol. The molecule has 130 valence electrons. The maximum absolute atomic E-state index is 12.3. The highest BCUT2D eigenvalue weighted by Gasteiger charge is 2.35.